The average Bonchev–Trinajstić information content (AvgIpc) is 3.67. The summed E-state index contributed by atoms with van der Waals surface area (Å²) in [6.07, 6.45) is 1.48. The van der Waals surface area contributed by atoms with Gasteiger partial charge in [0.25, 0.3) is 5.56 Å². The van der Waals surface area contributed by atoms with Gasteiger partial charge >= 0.3 is 5.69 Å². The van der Waals surface area contributed by atoms with Crippen LogP contribution in [-0.4, -0.2) is 35.2 Å². The molecule has 3 heterocycles. The molecule has 11 nitrogen and oxygen atoms in total. The van der Waals surface area contributed by atoms with Crippen molar-refractivity contribution in [3.8, 4) is 39.9 Å². The van der Waals surface area contributed by atoms with Crippen molar-refractivity contribution in [2.24, 2.45) is 0 Å². The van der Waals surface area contributed by atoms with Crippen LogP contribution in [0.4, 0.5) is 0 Å². The fourth-order valence-electron chi connectivity index (χ4n) is 5.32. The Bertz CT molecular complexity index is 2290. The fourth-order valence-corrected chi connectivity index (χ4v) is 6.44. The number of nitrogens with one attached hydrogen (secondary N) is 3. The maximum absolute atomic E-state index is 13.0. The van der Waals surface area contributed by atoms with Crippen LogP contribution in [0.25, 0.3) is 38.8 Å². The molecule has 7 aromatic rings. The van der Waals surface area contributed by atoms with E-state index in [1.807, 2.05) is 38.1 Å². The van der Waals surface area contributed by atoms with Crippen LogP contribution in [0.15, 0.2) is 70.3 Å². The minimum atomic E-state index is -0.819. The second-order valence-electron chi connectivity index (χ2n) is 10.7. The SMILES string of the molecule is CCc1n[nH]c2ccc(Oc3c(Cl)cc(-c4nn(-c5cc(Cl)c(Oc6ccc7[nH]nc(CC)c7c6)c(Cl)c5)c(=O)[nH]c4=O)cc3Cl)cc12. The fraction of sp³-hybridized carbons (Fsp3) is 0.121. The van der Waals surface area contributed by atoms with Gasteiger partial charge in [-0.1, -0.05) is 60.3 Å². The Morgan fingerprint density at radius 2 is 1.17 bits per heavy atom. The molecule has 0 atom stereocenters. The molecule has 0 aliphatic heterocycles. The summed E-state index contributed by atoms with van der Waals surface area (Å²) < 4.78 is 13.0. The Morgan fingerprint density at radius 3 is 1.65 bits per heavy atom. The molecule has 0 aliphatic rings. The first-order valence-electron chi connectivity index (χ1n) is 14.7. The van der Waals surface area contributed by atoms with E-state index in [0.717, 1.165) is 50.7 Å². The minimum absolute atomic E-state index is 0.106. The second kappa shape index (κ2) is 12.7. The highest BCUT2D eigenvalue weighted by atomic mass is 35.5. The summed E-state index contributed by atoms with van der Waals surface area (Å²) in [7, 11) is 0. The highest BCUT2D eigenvalue weighted by Gasteiger charge is 2.19. The lowest BCUT2D eigenvalue weighted by Gasteiger charge is -2.14. The number of fused-ring (bicyclic) bond motifs is 2. The lowest BCUT2D eigenvalue weighted by molar-refractivity contribution is 0.483. The smallest absolute Gasteiger partial charge is 0.349 e. The van der Waals surface area contributed by atoms with Gasteiger partial charge in [-0.3, -0.25) is 20.0 Å². The highest BCUT2D eigenvalue weighted by molar-refractivity contribution is 6.38. The van der Waals surface area contributed by atoms with Gasteiger partial charge < -0.3 is 9.47 Å². The maximum Gasteiger partial charge on any atom is 0.349 e. The minimum Gasteiger partial charge on any atom is -0.454 e. The third kappa shape index (κ3) is 5.79. The second-order valence-corrected chi connectivity index (χ2v) is 12.3. The summed E-state index contributed by atoms with van der Waals surface area (Å²) >= 11 is 26.4. The number of hydrogen-bond acceptors (Lipinski definition) is 7. The van der Waals surface area contributed by atoms with Crippen LogP contribution in [0.5, 0.6) is 23.0 Å². The van der Waals surface area contributed by atoms with E-state index >= 15 is 0 Å². The van der Waals surface area contributed by atoms with E-state index < -0.39 is 11.2 Å². The van der Waals surface area contributed by atoms with Gasteiger partial charge in [-0.25, -0.2) is 4.79 Å². The molecule has 0 spiro atoms. The van der Waals surface area contributed by atoms with E-state index in [9.17, 15) is 9.59 Å². The molecule has 0 radical (unpaired) electrons. The van der Waals surface area contributed by atoms with Crippen LogP contribution < -0.4 is 20.7 Å². The van der Waals surface area contributed by atoms with Gasteiger partial charge in [-0.15, -0.1) is 0 Å². The molecule has 0 amide bonds. The molecular formula is C33H23Cl4N7O4. The number of nitrogens with zero attached hydrogens (tertiary/aromatic N) is 4. The van der Waals surface area contributed by atoms with Gasteiger partial charge in [0, 0.05) is 16.3 Å². The van der Waals surface area contributed by atoms with E-state index in [-0.39, 0.29) is 48.5 Å². The van der Waals surface area contributed by atoms with Crippen LogP contribution in [0.1, 0.15) is 25.2 Å². The quantitative estimate of drug-likeness (QED) is 0.142. The van der Waals surface area contributed by atoms with E-state index in [1.54, 1.807) is 12.1 Å². The number of aryl methyl sites for hydroxylation is 2. The molecule has 48 heavy (non-hydrogen) atoms. The Hall–Kier alpha value is -4.81. The van der Waals surface area contributed by atoms with Crippen molar-refractivity contribution >= 4 is 68.2 Å². The zero-order valence-electron chi connectivity index (χ0n) is 25.1. The summed E-state index contributed by atoms with van der Waals surface area (Å²) in [5.74, 6) is 1.34. The number of aromatic nitrogens is 7. The lowest BCUT2D eigenvalue weighted by atomic mass is 10.1. The first-order chi connectivity index (χ1) is 23.1. The van der Waals surface area contributed by atoms with E-state index in [0.29, 0.717) is 11.5 Å². The summed E-state index contributed by atoms with van der Waals surface area (Å²) in [4.78, 5) is 28.2. The van der Waals surface area contributed by atoms with Gasteiger partial charge in [-0.05, 0) is 73.5 Å². The van der Waals surface area contributed by atoms with Crippen LogP contribution in [0, 0.1) is 0 Å². The number of hydrogen-bond donors (Lipinski definition) is 3. The summed E-state index contributed by atoms with van der Waals surface area (Å²) in [6.45, 7) is 4.01. The standard InChI is InChI=1S/C33H23Cl4N7O4/c1-3-25-19-13-17(5-7-27(19)41-39-25)47-30-21(34)9-15(10-22(30)35)29-32(45)38-33(46)44(43-29)16-11-23(36)31(24(37)12-16)48-18-6-8-28-20(14-18)26(4-2)40-42-28/h5-14H,3-4H2,1-2H3,(H,39,41)(H,40,42)(H,38,45,46). The van der Waals surface area contributed by atoms with Crippen molar-refractivity contribution in [2.45, 2.75) is 26.7 Å². The maximum atomic E-state index is 13.0. The van der Waals surface area contributed by atoms with Crippen molar-refractivity contribution in [3.63, 3.8) is 0 Å². The first-order valence-corrected chi connectivity index (χ1v) is 16.2. The topological polar surface area (TPSA) is 144 Å². The van der Waals surface area contributed by atoms with Crippen molar-refractivity contribution < 1.29 is 9.47 Å². The molecular weight excluding hydrogens is 700 g/mol. The van der Waals surface area contributed by atoms with E-state index in [4.69, 9.17) is 55.9 Å². The molecule has 0 fully saturated rings. The summed E-state index contributed by atoms with van der Waals surface area (Å²) in [6, 6.07) is 16.7. The summed E-state index contributed by atoms with van der Waals surface area (Å²) in [5.41, 5.74) is 2.23. The Kier molecular flexibility index (Phi) is 8.38. The Labute approximate surface area is 291 Å². The Balaban J connectivity index is 1.20. The number of ether oxygens (including phenoxy) is 2. The normalized spacial score (nSPS) is 11.5. The zero-order valence-corrected chi connectivity index (χ0v) is 28.1. The molecule has 3 aromatic heterocycles. The van der Waals surface area contributed by atoms with Crippen LogP contribution in [0.2, 0.25) is 20.1 Å². The predicted octanol–water partition coefficient (Wildman–Crippen LogP) is 8.66. The van der Waals surface area contributed by atoms with Crippen LogP contribution in [0.3, 0.4) is 0 Å². The van der Waals surface area contributed by atoms with Gasteiger partial charge in [0.15, 0.2) is 17.2 Å². The van der Waals surface area contributed by atoms with Gasteiger partial charge in [0.05, 0.1) is 48.2 Å². The van der Waals surface area contributed by atoms with Crippen molar-refractivity contribution in [2.75, 3.05) is 0 Å². The van der Waals surface area contributed by atoms with Crippen molar-refractivity contribution in [3.05, 3.63) is 113 Å². The monoisotopic (exact) mass is 721 g/mol. The van der Waals surface area contributed by atoms with Crippen molar-refractivity contribution in [1.29, 1.82) is 0 Å². The largest absolute Gasteiger partial charge is 0.454 e. The molecule has 0 saturated carbocycles. The average molecular weight is 723 g/mol. The van der Waals surface area contributed by atoms with Gasteiger partial charge in [0.2, 0.25) is 0 Å². The molecule has 0 bridgehead atoms. The van der Waals surface area contributed by atoms with E-state index in [1.165, 1.54) is 24.3 Å². The molecule has 0 aliphatic carbocycles. The lowest BCUT2D eigenvalue weighted by Crippen LogP contribution is -2.32. The number of halogens is 4. The van der Waals surface area contributed by atoms with Crippen LogP contribution in [-0.2, 0) is 12.8 Å². The first kappa shape index (κ1) is 31.8. The van der Waals surface area contributed by atoms with Gasteiger partial charge in [-0.2, -0.15) is 20.0 Å². The third-order valence-corrected chi connectivity index (χ3v) is 8.79. The Morgan fingerprint density at radius 1 is 0.688 bits per heavy atom. The zero-order chi connectivity index (χ0) is 33.7. The summed E-state index contributed by atoms with van der Waals surface area (Å²) in [5, 5.41) is 21.2. The van der Waals surface area contributed by atoms with Gasteiger partial charge in [0.1, 0.15) is 11.5 Å². The molecule has 0 unspecified atom stereocenters. The number of rotatable bonds is 8. The number of benzene rings is 4. The molecule has 3 N–H and O–H groups in total. The molecule has 4 aromatic carbocycles. The highest BCUT2D eigenvalue weighted by Crippen LogP contribution is 2.41. The molecule has 242 valence electrons. The predicted molar refractivity (Wildman–Crippen MR) is 187 cm³/mol. The number of aromatic amines is 3. The van der Waals surface area contributed by atoms with Crippen LogP contribution >= 0.6 is 46.4 Å². The number of H-pyrrole nitrogens is 3. The van der Waals surface area contributed by atoms with Crippen molar-refractivity contribution in [1.82, 2.24) is 35.2 Å². The molecule has 7 rings (SSSR count). The third-order valence-electron chi connectivity index (χ3n) is 7.66. The molecule has 15 heteroatoms. The van der Waals surface area contributed by atoms with E-state index in [2.05, 4.69) is 30.5 Å². The molecule has 0 saturated heterocycles.